The number of carbonyl (C=O) groups excluding carboxylic acids is 1. The normalized spacial score (nSPS) is 17.1. The Kier molecular flexibility index (Phi) is 3.81. The molecule has 0 atom stereocenters. The summed E-state index contributed by atoms with van der Waals surface area (Å²) in [7, 11) is 0. The fourth-order valence-electron chi connectivity index (χ4n) is 1.77. The van der Waals surface area contributed by atoms with Crippen LogP contribution in [-0.2, 0) is 4.74 Å². The van der Waals surface area contributed by atoms with Crippen LogP contribution < -0.4 is 0 Å². The molecule has 0 bridgehead atoms. The second kappa shape index (κ2) is 5.33. The van der Waals surface area contributed by atoms with Crippen molar-refractivity contribution in [1.82, 2.24) is 4.90 Å². The van der Waals surface area contributed by atoms with Gasteiger partial charge in [-0.25, -0.2) is 8.78 Å². The molecule has 1 aliphatic heterocycles. The molecule has 0 aliphatic carbocycles. The number of morpholine rings is 1. The van der Waals surface area contributed by atoms with Gasteiger partial charge in [-0.1, -0.05) is 0 Å². The van der Waals surface area contributed by atoms with Gasteiger partial charge in [-0.3, -0.25) is 9.69 Å². The van der Waals surface area contributed by atoms with Crippen LogP contribution in [0.25, 0.3) is 0 Å². The van der Waals surface area contributed by atoms with E-state index in [9.17, 15) is 13.6 Å². The highest BCUT2D eigenvalue weighted by Gasteiger charge is 2.16. The van der Waals surface area contributed by atoms with E-state index < -0.39 is 11.6 Å². The van der Waals surface area contributed by atoms with E-state index >= 15 is 0 Å². The second-order valence-corrected chi connectivity index (χ2v) is 3.97. The average molecular weight is 241 g/mol. The van der Waals surface area contributed by atoms with Crippen molar-refractivity contribution >= 4 is 5.78 Å². The highest BCUT2D eigenvalue weighted by Crippen LogP contribution is 2.10. The van der Waals surface area contributed by atoms with E-state index in [1.807, 2.05) is 4.90 Å². The van der Waals surface area contributed by atoms with Gasteiger partial charge in [-0.15, -0.1) is 0 Å². The fraction of sp³-hybridized carbons (Fsp3) is 0.417. The second-order valence-electron chi connectivity index (χ2n) is 3.97. The van der Waals surface area contributed by atoms with Gasteiger partial charge in [0.15, 0.2) is 5.78 Å². The zero-order chi connectivity index (χ0) is 12.3. The molecule has 0 saturated carbocycles. The van der Waals surface area contributed by atoms with E-state index in [4.69, 9.17) is 4.74 Å². The molecular formula is C12H13F2NO2. The Morgan fingerprint density at radius 3 is 2.35 bits per heavy atom. The summed E-state index contributed by atoms with van der Waals surface area (Å²) in [5.41, 5.74) is 0.0778. The molecule has 3 nitrogen and oxygen atoms in total. The summed E-state index contributed by atoms with van der Waals surface area (Å²) < 4.78 is 31.0. The Bertz CT molecular complexity index is 397. The van der Waals surface area contributed by atoms with Gasteiger partial charge < -0.3 is 4.74 Å². The predicted molar refractivity (Wildman–Crippen MR) is 57.9 cm³/mol. The summed E-state index contributed by atoms with van der Waals surface area (Å²) in [6, 6.07) is 2.88. The molecule has 1 saturated heterocycles. The Hall–Kier alpha value is -1.33. The number of hydrogen-bond donors (Lipinski definition) is 0. The molecule has 1 aliphatic rings. The van der Waals surface area contributed by atoms with Crippen molar-refractivity contribution in [3.8, 4) is 0 Å². The van der Waals surface area contributed by atoms with Crippen molar-refractivity contribution in [1.29, 1.82) is 0 Å². The smallest absolute Gasteiger partial charge is 0.177 e. The van der Waals surface area contributed by atoms with Crippen molar-refractivity contribution in [2.24, 2.45) is 0 Å². The maximum absolute atomic E-state index is 12.9. The standard InChI is InChI=1S/C12H13F2NO2/c13-10-5-9(6-11(14)7-10)12(16)8-15-1-3-17-4-2-15/h5-7H,1-4,8H2. The molecule has 1 aromatic carbocycles. The van der Waals surface area contributed by atoms with E-state index in [1.54, 1.807) is 0 Å². The molecule has 0 aromatic heterocycles. The third-order valence-corrected chi connectivity index (χ3v) is 2.66. The van der Waals surface area contributed by atoms with Crippen molar-refractivity contribution < 1.29 is 18.3 Å². The monoisotopic (exact) mass is 241 g/mol. The maximum atomic E-state index is 12.9. The molecule has 0 unspecified atom stereocenters. The molecule has 92 valence electrons. The van der Waals surface area contributed by atoms with Crippen LogP contribution in [0.15, 0.2) is 18.2 Å². The van der Waals surface area contributed by atoms with E-state index in [0.29, 0.717) is 26.3 Å². The first kappa shape index (κ1) is 12.1. The summed E-state index contributed by atoms with van der Waals surface area (Å²) in [6.07, 6.45) is 0. The highest BCUT2D eigenvalue weighted by atomic mass is 19.1. The Balaban J connectivity index is 2.03. The van der Waals surface area contributed by atoms with Gasteiger partial charge >= 0.3 is 0 Å². The van der Waals surface area contributed by atoms with Crippen molar-refractivity contribution in [2.75, 3.05) is 32.8 Å². The number of benzene rings is 1. The number of nitrogens with zero attached hydrogens (tertiary/aromatic N) is 1. The molecular weight excluding hydrogens is 228 g/mol. The molecule has 0 N–H and O–H groups in total. The largest absolute Gasteiger partial charge is 0.379 e. The number of ketones is 1. The van der Waals surface area contributed by atoms with E-state index in [2.05, 4.69) is 0 Å². The van der Waals surface area contributed by atoms with Crippen molar-refractivity contribution in [3.05, 3.63) is 35.4 Å². The molecule has 1 aromatic rings. The summed E-state index contributed by atoms with van der Waals surface area (Å²) >= 11 is 0. The SMILES string of the molecule is O=C(CN1CCOCC1)c1cc(F)cc(F)c1. The van der Waals surface area contributed by atoms with Crippen LogP contribution >= 0.6 is 0 Å². The van der Waals surface area contributed by atoms with E-state index in [0.717, 1.165) is 18.2 Å². The maximum Gasteiger partial charge on any atom is 0.177 e. The molecule has 17 heavy (non-hydrogen) atoms. The minimum Gasteiger partial charge on any atom is -0.379 e. The van der Waals surface area contributed by atoms with Gasteiger partial charge in [0.05, 0.1) is 19.8 Å². The number of carbonyl (C=O) groups is 1. The first-order chi connectivity index (χ1) is 8.15. The molecule has 5 heteroatoms. The van der Waals surface area contributed by atoms with Gasteiger partial charge in [-0.2, -0.15) is 0 Å². The summed E-state index contributed by atoms with van der Waals surface area (Å²) in [5, 5.41) is 0. The van der Waals surface area contributed by atoms with Crippen LogP contribution in [0.1, 0.15) is 10.4 Å². The molecule has 0 amide bonds. The van der Waals surface area contributed by atoms with Crippen LogP contribution in [0, 0.1) is 11.6 Å². The Labute approximate surface area is 98.0 Å². The predicted octanol–water partition coefficient (Wildman–Crippen LogP) is 1.48. The number of halogens is 2. The first-order valence-corrected chi connectivity index (χ1v) is 5.44. The van der Waals surface area contributed by atoms with Gasteiger partial charge in [-0.05, 0) is 12.1 Å². The summed E-state index contributed by atoms with van der Waals surface area (Å²) in [4.78, 5) is 13.7. The van der Waals surface area contributed by atoms with Gasteiger partial charge in [0.1, 0.15) is 11.6 Å². The number of ether oxygens (including phenoxy) is 1. The van der Waals surface area contributed by atoms with Gasteiger partial charge in [0.2, 0.25) is 0 Å². The molecule has 0 radical (unpaired) electrons. The lowest BCUT2D eigenvalue weighted by atomic mass is 10.1. The third kappa shape index (κ3) is 3.31. The molecule has 2 rings (SSSR count). The molecule has 0 spiro atoms. The number of Topliss-reactive ketones (excluding diaryl/α,β-unsaturated/α-hetero) is 1. The fourth-order valence-corrected chi connectivity index (χ4v) is 1.77. The van der Waals surface area contributed by atoms with Crippen LogP contribution in [0.2, 0.25) is 0 Å². The Morgan fingerprint density at radius 2 is 1.76 bits per heavy atom. The topological polar surface area (TPSA) is 29.5 Å². The minimum atomic E-state index is -0.727. The third-order valence-electron chi connectivity index (χ3n) is 2.66. The lowest BCUT2D eigenvalue weighted by Gasteiger charge is -2.25. The van der Waals surface area contributed by atoms with Crippen molar-refractivity contribution in [2.45, 2.75) is 0 Å². The van der Waals surface area contributed by atoms with Crippen molar-refractivity contribution in [3.63, 3.8) is 0 Å². The highest BCUT2D eigenvalue weighted by molar-refractivity contribution is 5.97. The van der Waals surface area contributed by atoms with Crippen LogP contribution in [-0.4, -0.2) is 43.5 Å². The van der Waals surface area contributed by atoms with Gasteiger partial charge in [0.25, 0.3) is 0 Å². The minimum absolute atomic E-state index is 0.0778. The lowest BCUT2D eigenvalue weighted by molar-refractivity contribution is 0.0371. The van der Waals surface area contributed by atoms with E-state index in [1.165, 1.54) is 0 Å². The first-order valence-electron chi connectivity index (χ1n) is 5.44. The average Bonchev–Trinajstić information content (AvgIpc) is 2.29. The number of rotatable bonds is 3. The summed E-state index contributed by atoms with van der Waals surface area (Å²) in [6.45, 7) is 2.69. The quantitative estimate of drug-likeness (QED) is 0.751. The van der Waals surface area contributed by atoms with Crippen LogP contribution in [0.3, 0.4) is 0 Å². The van der Waals surface area contributed by atoms with E-state index in [-0.39, 0.29) is 17.9 Å². The zero-order valence-corrected chi connectivity index (χ0v) is 9.29. The summed E-state index contributed by atoms with van der Waals surface area (Å²) in [5.74, 6) is -1.73. The van der Waals surface area contributed by atoms with Gasteiger partial charge in [0, 0.05) is 24.7 Å². The van der Waals surface area contributed by atoms with Crippen LogP contribution in [0.4, 0.5) is 8.78 Å². The zero-order valence-electron chi connectivity index (χ0n) is 9.29. The van der Waals surface area contributed by atoms with Crippen LogP contribution in [0.5, 0.6) is 0 Å². The molecule has 1 heterocycles. The molecule has 1 fully saturated rings. The number of hydrogen-bond acceptors (Lipinski definition) is 3. The Morgan fingerprint density at radius 1 is 1.18 bits per heavy atom. The lowest BCUT2D eigenvalue weighted by Crippen LogP contribution is -2.39.